The third kappa shape index (κ3) is 2.97. The van der Waals surface area contributed by atoms with Crippen molar-refractivity contribution in [1.82, 2.24) is 15.1 Å². The standard InChI is InChI=1S/C14H23N3/c1-5-14-11(3)16-17(12(14)4)9-10(2)8-15-13-6-7-13/h13,15H,2,5-9H2,1,3-4H3. The summed E-state index contributed by atoms with van der Waals surface area (Å²) in [5.74, 6) is 0. The first-order valence-electron chi connectivity index (χ1n) is 6.54. The summed E-state index contributed by atoms with van der Waals surface area (Å²) >= 11 is 0. The van der Waals surface area contributed by atoms with Gasteiger partial charge in [-0.3, -0.25) is 4.68 Å². The molecule has 3 heteroatoms. The van der Waals surface area contributed by atoms with Crippen molar-refractivity contribution in [2.24, 2.45) is 0 Å². The van der Waals surface area contributed by atoms with Gasteiger partial charge in [-0.25, -0.2) is 0 Å². The predicted octanol–water partition coefficient (Wildman–Crippen LogP) is 2.37. The normalized spacial score (nSPS) is 15.2. The molecule has 0 aromatic carbocycles. The van der Waals surface area contributed by atoms with Gasteiger partial charge in [0.15, 0.2) is 0 Å². The van der Waals surface area contributed by atoms with Crippen LogP contribution in [-0.4, -0.2) is 22.4 Å². The van der Waals surface area contributed by atoms with E-state index in [1.54, 1.807) is 0 Å². The molecule has 1 aromatic heterocycles. The van der Waals surface area contributed by atoms with Gasteiger partial charge in [-0.2, -0.15) is 5.10 Å². The lowest BCUT2D eigenvalue weighted by molar-refractivity contribution is 0.618. The molecule has 3 nitrogen and oxygen atoms in total. The van der Waals surface area contributed by atoms with Crippen molar-refractivity contribution < 1.29 is 0 Å². The van der Waals surface area contributed by atoms with Crippen LogP contribution in [-0.2, 0) is 13.0 Å². The van der Waals surface area contributed by atoms with E-state index in [0.717, 1.165) is 31.2 Å². The first-order chi connectivity index (χ1) is 8.11. The lowest BCUT2D eigenvalue weighted by atomic mass is 10.1. The third-order valence-corrected chi connectivity index (χ3v) is 3.48. The largest absolute Gasteiger partial charge is 0.310 e. The van der Waals surface area contributed by atoms with Gasteiger partial charge >= 0.3 is 0 Å². The number of hydrogen-bond acceptors (Lipinski definition) is 2. The van der Waals surface area contributed by atoms with Crippen molar-refractivity contribution in [3.63, 3.8) is 0 Å². The molecule has 1 N–H and O–H groups in total. The van der Waals surface area contributed by atoms with Crippen LogP contribution in [0.4, 0.5) is 0 Å². The van der Waals surface area contributed by atoms with Crippen molar-refractivity contribution in [1.29, 1.82) is 0 Å². The maximum absolute atomic E-state index is 4.59. The van der Waals surface area contributed by atoms with Crippen molar-refractivity contribution >= 4 is 0 Å². The average molecular weight is 233 g/mol. The molecule has 0 spiro atoms. The molecule has 1 aliphatic carbocycles. The number of aryl methyl sites for hydroxylation is 1. The second-order valence-electron chi connectivity index (χ2n) is 5.07. The Morgan fingerprint density at radius 2 is 2.18 bits per heavy atom. The van der Waals surface area contributed by atoms with Gasteiger partial charge in [0.25, 0.3) is 0 Å². The molecule has 1 saturated carbocycles. The molecule has 0 aliphatic heterocycles. The highest BCUT2D eigenvalue weighted by molar-refractivity contribution is 5.24. The Bertz CT molecular complexity index is 413. The molecule has 17 heavy (non-hydrogen) atoms. The molecule has 0 radical (unpaired) electrons. The summed E-state index contributed by atoms with van der Waals surface area (Å²) in [5, 5.41) is 8.08. The highest BCUT2D eigenvalue weighted by Crippen LogP contribution is 2.19. The quantitative estimate of drug-likeness (QED) is 0.765. The van der Waals surface area contributed by atoms with Crippen molar-refractivity contribution in [2.75, 3.05) is 6.54 Å². The fourth-order valence-electron chi connectivity index (χ4n) is 2.24. The average Bonchev–Trinajstić information content (AvgIpc) is 3.06. The fourth-order valence-corrected chi connectivity index (χ4v) is 2.24. The molecule has 0 amide bonds. The van der Waals surface area contributed by atoms with E-state index in [1.165, 1.54) is 29.7 Å². The first-order valence-corrected chi connectivity index (χ1v) is 6.54. The van der Waals surface area contributed by atoms with Crippen LogP contribution < -0.4 is 5.32 Å². The Morgan fingerprint density at radius 3 is 2.71 bits per heavy atom. The summed E-state index contributed by atoms with van der Waals surface area (Å²) < 4.78 is 2.09. The summed E-state index contributed by atoms with van der Waals surface area (Å²) in [5.41, 5.74) is 5.05. The van der Waals surface area contributed by atoms with Gasteiger partial charge < -0.3 is 5.32 Å². The minimum absolute atomic E-state index is 0.749. The van der Waals surface area contributed by atoms with E-state index in [9.17, 15) is 0 Å². The van der Waals surface area contributed by atoms with E-state index in [2.05, 4.69) is 42.4 Å². The summed E-state index contributed by atoms with van der Waals surface area (Å²) in [6.45, 7) is 12.3. The molecule has 1 aromatic rings. The van der Waals surface area contributed by atoms with E-state index in [0.29, 0.717) is 0 Å². The Hall–Kier alpha value is -1.09. The molecule has 0 bridgehead atoms. The van der Waals surface area contributed by atoms with Gasteiger partial charge in [-0.05, 0) is 44.2 Å². The molecule has 0 unspecified atom stereocenters. The van der Waals surface area contributed by atoms with Gasteiger partial charge in [-0.1, -0.05) is 13.5 Å². The van der Waals surface area contributed by atoms with Crippen LogP contribution in [0, 0.1) is 13.8 Å². The Morgan fingerprint density at radius 1 is 1.47 bits per heavy atom. The van der Waals surface area contributed by atoms with Gasteiger partial charge in [0.1, 0.15) is 0 Å². The monoisotopic (exact) mass is 233 g/mol. The number of aromatic nitrogens is 2. The molecule has 1 heterocycles. The Kier molecular flexibility index (Phi) is 3.67. The SMILES string of the molecule is C=C(CNC1CC1)Cn1nc(C)c(CC)c1C. The number of nitrogens with one attached hydrogen (secondary N) is 1. The molecule has 94 valence electrons. The van der Waals surface area contributed by atoms with Crippen LogP contribution in [0.1, 0.15) is 36.7 Å². The predicted molar refractivity (Wildman–Crippen MR) is 71.2 cm³/mol. The number of nitrogens with zero attached hydrogens (tertiary/aromatic N) is 2. The maximum atomic E-state index is 4.59. The molecular formula is C14H23N3. The molecular weight excluding hydrogens is 210 g/mol. The Balaban J connectivity index is 1.94. The van der Waals surface area contributed by atoms with Crippen LogP contribution in [0.15, 0.2) is 12.2 Å². The summed E-state index contributed by atoms with van der Waals surface area (Å²) in [4.78, 5) is 0. The van der Waals surface area contributed by atoms with Crippen LogP contribution in [0.3, 0.4) is 0 Å². The van der Waals surface area contributed by atoms with Gasteiger partial charge in [0.05, 0.1) is 12.2 Å². The zero-order chi connectivity index (χ0) is 12.4. The lowest BCUT2D eigenvalue weighted by Gasteiger charge is -2.09. The molecule has 0 atom stereocenters. The van der Waals surface area contributed by atoms with Gasteiger partial charge in [0.2, 0.25) is 0 Å². The highest BCUT2D eigenvalue weighted by Gasteiger charge is 2.20. The minimum atomic E-state index is 0.749. The topological polar surface area (TPSA) is 29.9 Å². The van der Waals surface area contributed by atoms with Crippen molar-refractivity contribution in [3.05, 3.63) is 29.1 Å². The molecule has 0 saturated heterocycles. The van der Waals surface area contributed by atoms with Crippen LogP contribution >= 0.6 is 0 Å². The second-order valence-corrected chi connectivity index (χ2v) is 5.07. The Labute approximate surface area is 104 Å². The number of rotatable bonds is 6. The number of hydrogen-bond donors (Lipinski definition) is 1. The summed E-state index contributed by atoms with van der Waals surface area (Å²) in [6, 6.07) is 0.749. The first kappa shape index (κ1) is 12.4. The van der Waals surface area contributed by atoms with E-state index >= 15 is 0 Å². The molecule has 1 fully saturated rings. The smallest absolute Gasteiger partial charge is 0.0632 e. The van der Waals surface area contributed by atoms with Crippen LogP contribution in [0.5, 0.6) is 0 Å². The molecule has 2 rings (SSSR count). The zero-order valence-electron chi connectivity index (χ0n) is 11.2. The van der Waals surface area contributed by atoms with E-state index in [-0.39, 0.29) is 0 Å². The fraction of sp³-hybridized carbons (Fsp3) is 0.643. The van der Waals surface area contributed by atoms with E-state index in [1.807, 2.05) is 0 Å². The summed E-state index contributed by atoms with van der Waals surface area (Å²) in [7, 11) is 0. The second kappa shape index (κ2) is 5.05. The van der Waals surface area contributed by atoms with Crippen molar-refractivity contribution in [2.45, 2.75) is 52.6 Å². The lowest BCUT2D eigenvalue weighted by Crippen LogP contribution is -2.21. The van der Waals surface area contributed by atoms with E-state index < -0.39 is 0 Å². The van der Waals surface area contributed by atoms with E-state index in [4.69, 9.17) is 0 Å². The van der Waals surface area contributed by atoms with Gasteiger partial charge in [0, 0.05) is 18.3 Å². The highest BCUT2D eigenvalue weighted by atomic mass is 15.3. The van der Waals surface area contributed by atoms with Gasteiger partial charge in [-0.15, -0.1) is 0 Å². The van der Waals surface area contributed by atoms with Crippen molar-refractivity contribution in [3.8, 4) is 0 Å². The zero-order valence-corrected chi connectivity index (χ0v) is 11.2. The van der Waals surface area contributed by atoms with Crippen LogP contribution in [0.25, 0.3) is 0 Å². The maximum Gasteiger partial charge on any atom is 0.0632 e. The third-order valence-electron chi connectivity index (χ3n) is 3.48. The minimum Gasteiger partial charge on any atom is -0.310 e. The summed E-state index contributed by atoms with van der Waals surface area (Å²) in [6.07, 6.45) is 3.71. The molecule has 1 aliphatic rings. The van der Waals surface area contributed by atoms with Crippen LogP contribution in [0.2, 0.25) is 0 Å².